The Hall–Kier alpha value is -0.880. The van der Waals surface area contributed by atoms with Crippen LogP contribution in [0.3, 0.4) is 0 Å². The van der Waals surface area contributed by atoms with E-state index in [0.29, 0.717) is 23.7 Å². The summed E-state index contributed by atoms with van der Waals surface area (Å²) in [6, 6.07) is 0. The second kappa shape index (κ2) is 10.1. The van der Waals surface area contributed by atoms with E-state index in [2.05, 4.69) is 18.9 Å². The molecule has 0 atom stereocenters. The first-order valence-electron chi connectivity index (χ1n) is 8.93. The molecule has 0 fully saturated rings. The molecule has 0 saturated heterocycles. The topological polar surface area (TPSA) is 55.2 Å². The lowest BCUT2D eigenvalue weighted by Crippen LogP contribution is -2.33. The fraction of sp³-hybridized carbons (Fsp3) is 0.824. The largest absolute Gasteiger partial charge is 0.272 e. The summed E-state index contributed by atoms with van der Waals surface area (Å²) in [7, 11) is -1.66. The van der Waals surface area contributed by atoms with Crippen molar-refractivity contribution in [1.82, 2.24) is 14.1 Å². The Labute approximate surface area is 142 Å². The van der Waals surface area contributed by atoms with Crippen molar-refractivity contribution in [3.8, 4) is 0 Å². The highest BCUT2D eigenvalue weighted by Crippen LogP contribution is 2.20. The van der Waals surface area contributed by atoms with Crippen molar-refractivity contribution in [3.05, 3.63) is 11.9 Å². The van der Waals surface area contributed by atoms with Crippen LogP contribution in [0.25, 0.3) is 0 Å². The van der Waals surface area contributed by atoms with Gasteiger partial charge in [-0.1, -0.05) is 52.4 Å². The van der Waals surface area contributed by atoms with Crippen molar-refractivity contribution in [1.29, 1.82) is 0 Å². The van der Waals surface area contributed by atoms with Gasteiger partial charge in [-0.25, -0.2) is 8.42 Å². The molecule has 0 amide bonds. The SMILES string of the molecule is CCCCCCN(CCCCCC)S(=O)(=O)c1cnn(C)c1C. The van der Waals surface area contributed by atoms with Crippen LogP contribution in [0.1, 0.15) is 70.9 Å². The van der Waals surface area contributed by atoms with Gasteiger partial charge in [-0.2, -0.15) is 9.40 Å². The average Bonchev–Trinajstić information content (AvgIpc) is 2.85. The van der Waals surface area contributed by atoms with Crippen LogP contribution in [0, 0.1) is 6.92 Å². The van der Waals surface area contributed by atoms with Crippen LogP contribution in [0.2, 0.25) is 0 Å². The molecular weight excluding hydrogens is 310 g/mol. The van der Waals surface area contributed by atoms with Gasteiger partial charge in [0.2, 0.25) is 10.0 Å². The number of aryl methyl sites for hydroxylation is 1. The van der Waals surface area contributed by atoms with Crippen LogP contribution < -0.4 is 0 Å². The summed E-state index contributed by atoms with van der Waals surface area (Å²) in [5.74, 6) is 0. The fourth-order valence-corrected chi connectivity index (χ4v) is 4.36. The average molecular weight is 344 g/mol. The Morgan fingerprint density at radius 2 is 1.52 bits per heavy atom. The third-order valence-corrected chi connectivity index (χ3v) is 6.33. The maximum atomic E-state index is 13.0. The molecule has 134 valence electrons. The predicted molar refractivity (Wildman–Crippen MR) is 95.0 cm³/mol. The lowest BCUT2D eigenvalue weighted by atomic mass is 10.2. The van der Waals surface area contributed by atoms with Gasteiger partial charge in [0, 0.05) is 20.1 Å². The first kappa shape index (κ1) is 20.2. The molecule has 23 heavy (non-hydrogen) atoms. The first-order chi connectivity index (χ1) is 10.9. The Kier molecular flexibility index (Phi) is 8.84. The van der Waals surface area contributed by atoms with Crippen molar-refractivity contribution >= 4 is 10.0 Å². The number of hydrogen-bond donors (Lipinski definition) is 0. The van der Waals surface area contributed by atoms with Gasteiger partial charge in [-0.15, -0.1) is 0 Å². The monoisotopic (exact) mass is 343 g/mol. The van der Waals surface area contributed by atoms with E-state index in [0.717, 1.165) is 51.4 Å². The molecule has 0 aromatic carbocycles. The minimum atomic E-state index is -3.44. The molecule has 0 aliphatic rings. The smallest absolute Gasteiger partial charge is 0.246 e. The minimum absolute atomic E-state index is 0.353. The van der Waals surface area contributed by atoms with E-state index in [1.54, 1.807) is 16.0 Å². The molecule has 0 saturated carbocycles. The zero-order valence-electron chi connectivity index (χ0n) is 15.2. The van der Waals surface area contributed by atoms with Crippen LogP contribution in [0.4, 0.5) is 0 Å². The maximum Gasteiger partial charge on any atom is 0.246 e. The van der Waals surface area contributed by atoms with Crippen molar-refractivity contribution in [3.63, 3.8) is 0 Å². The van der Waals surface area contributed by atoms with E-state index in [9.17, 15) is 8.42 Å². The number of hydrogen-bond acceptors (Lipinski definition) is 3. The highest BCUT2D eigenvalue weighted by atomic mass is 32.2. The van der Waals surface area contributed by atoms with Crippen LogP contribution in [-0.4, -0.2) is 35.6 Å². The summed E-state index contributed by atoms with van der Waals surface area (Å²) < 4.78 is 29.2. The van der Waals surface area contributed by atoms with Gasteiger partial charge >= 0.3 is 0 Å². The molecule has 1 rings (SSSR count). The van der Waals surface area contributed by atoms with Gasteiger partial charge in [-0.3, -0.25) is 4.68 Å². The van der Waals surface area contributed by atoms with E-state index in [1.807, 2.05) is 6.92 Å². The van der Waals surface area contributed by atoms with Gasteiger partial charge in [-0.05, 0) is 19.8 Å². The lowest BCUT2D eigenvalue weighted by Gasteiger charge is -2.22. The molecule has 0 N–H and O–H groups in total. The van der Waals surface area contributed by atoms with Gasteiger partial charge < -0.3 is 0 Å². The van der Waals surface area contributed by atoms with Gasteiger partial charge in [0.05, 0.1) is 11.9 Å². The normalized spacial score (nSPS) is 12.2. The summed E-state index contributed by atoms with van der Waals surface area (Å²) in [6.45, 7) is 7.37. The number of sulfonamides is 1. The quantitative estimate of drug-likeness (QED) is 0.541. The second-order valence-corrected chi connectivity index (χ2v) is 8.15. The molecule has 0 spiro atoms. The number of aromatic nitrogens is 2. The van der Waals surface area contributed by atoms with Crippen molar-refractivity contribution in [2.24, 2.45) is 7.05 Å². The zero-order valence-corrected chi connectivity index (χ0v) is 16.0. The first-order valence-corrected chi connectivity index (χ1v) is 10.4. The highest BCUT2D eigenvalue weighted by molar-refractivity contribution is 7.89. The molecule has 1 aromatic heterocycles. The Morgan fingerprint density at radius 3 is 1.91 bits per heavy atom. The van der Waals surface area contributed by atoms with Crippen molar-refractivity contribution < 1.29 is 8.42 Å². The van der Waals surface area contributed by atoms with Crippen LogP contribution in [-0.2, 0) is 17.1 Å². The van der Waals surface area contributed by atoms with Crippen LogP contribution in [0.15, 0.2) is 11.1 Å². The Balaban J connectivity index is 2.80. The third-order valence-electron chi connectivity index (χ3n) is 4.33. The van der Waals surface area contributed by atoms with E-state index in [1.165, 1.54) is 6.20 Å². The number of unbranched alkanes of at least 4 members (excludes halogenated alkanes) is 6. The van der Waals surface area contributed by atoms with Gasteiger partial charge in [0.25, 0.3) is 0 Å². The van der Waals surface area contributed by atoms with E-state index in [-0.39, 0.29) is 0 Å². The highest BCUT2D eigenvalue weighted by Gasteiger charge is 2.27. The molecule has 0 aliphatic carbocycles. The molecule has 6 heteroatoms. The van der Waals surface area contributed by atoms with Crippen molar-refractivity contribution in [2.75, 3.05) is 13.1 Å². The van der Waals surface area contributed by atoms with E-state index < -0.39 is 10.0 Å². The summed E-state index contributed by atoms with van der Waals surface area (Å²) in [4.78, 5) is 0.353. The minimum Gasteiger partial charge on any atom is -0.272 e. The van der Waals surface area contributed by atoms with Crippen LogP contribution in [0.5, 0.6) is 0 Å². The lowest BCUT2D eigenvalue weighted by molar-refractivity contribution is 0.385. The second-order valence-electron chi connectivity index (χ2n) is 6.24. The molecule has 1 aromatic rings. The van der Waals surface area contributed by atoms with E-state index in [4.69, 9.17) is 0 Å². The Bertz CT molecular complexity index is 540. The molecule has 5 nitrogen and oxygen atoms in total. The molecular formula is C17H33N3O2S. The maximum absolute atomic E-state index is 13.0. The summed E-state index contributed by atoms with van der Waals surface area (Å²) in [5.41, 5.74) is 0.706. The predicted octanol–water partition coefficient (Wildman–Crippen LogP) is 3.88. The molecule has 0 unspecified atom stereocenters. The van der Waals surface area contributed by atoms with Crippen LogP contribution >= 0.6 is 0 Å². The summed E-state index contributed by atoms with van der Waals surface area (Å²) >= 11 is 0. The molecule has 1 heterocycles. The third kappa shape index (κ3) is 5.92. The Morgan fingerprint density at radius 1 is 1.00 bits per heavy atom. The fourth-order valence-electron chi connectivity index (χ4n) is 2.65. The summed E-state index contributed by atoms with van der Waals surface area (Å²) in [5, 5.41) is 4.10. The van der Waals surface area contributed by atoms with Gasteiger partial charge in [0.1, 0.15) is 4.90 Å². The number of rotatable bonds is 12. The molecule has 0 aliphatic heterocycles. The zero-order chi connectivity index (χ0) is 17.3. The number of nitrogens with zero attached hydrogens (tertiary/aromatic N) is 3. The molecule has 0 bridgehead atoms. The van der Waals surface area contributed by atoms with Crippen molar-refractivity contribution in [2.45, 2.75) is 77.0 Å². The van der Waals surface area contributed by atoms with E-state index >= 15 is 0 Å². The molecule has 0 radical (unpaired) electrons. The summed E-state index contributed by atoms with van der Waals surface area (Å²) in [6.07, 6.45) is 10.2. The van der Waals surface area contributed by atoms with Gasteiger partial charge in [0.15, 0.2) is 0 Å². The standard InChI is InChI=1S/C17H33N3O2S/c1-5-7-9-11-13-20(14-12-10-8-6-2)23(21,22)17-15-18-19(4)16(17)3/h15H,5-14H2,1-4H3.